The number of carbonyl (C=O) groups excluding carboxylic acids is 1. The Morgan fingerprint density at radius 3 is 2.47 bits per heavy atom. The average molecular weight is 451 g/mol. The Morgan fingerprint density at radius 2 is 1.72 bits per heavy atom. The molecular weight excluding hydrogens is 428 g/mol. The molecule has 3 N–H and O–H groups in total. The maximum atomic E-state index is 13.3. The molecule has 0 unspecified atom stereocenters. The number of carbonyl (C=O) groups is 1. The molecule has 0 saturated heterocycles. The predicted octanol–water partition coefficient (Wildman–Crippen LogP) is 3.71. The van der Waals surface area contributed by atoms with E-state index in [9.17, 15) is 13.2 Å². The highest BCUT2D eigenvalue weighted by Gasteiger charge is 2.51. The molecule has 0 spiro atoms. The summed E-state index contributed by atoms with van der Waals surface area (Å²) < 4.78 is 34.3. The van der Waals surface area contributed by atoms with Crippen LogP contribution in [0.3, 0.4) is 0 Å². The van der Waals surface area contributed by atoms with Crippen molar-refractivity contribution in [1.82, 2.24) is 0 Å². The summed E-state index contributed by atoms with van der Waals surface area (Å²) in [7, 11) is -3.81. The lowest BCUT2D eigenvalue weighted by molar-refractivity contribution is -0.118. The van der Waals surface area contributed by atoms with Crippen LogP contribution < -0.4 is 19.9 Å². The molecule has 7 nitrogen and oxygen atoms in total. The Bertz CT molecular complexity index is 1350. The maximum Gasteiger partial charge on any atom is 0.238 e. The number of benzene rings is 3. The fourth-order valence-corrected chi connectivity index (χ4v) is 4.56. The van der Waals surface area contributed by atoms with Crippen molar-refractivity contribution < 1.29 is 22.7 Å². The van der Waals surface area contributed by atoms with Crippen LogP contribution in [0.25, 0.3) is 11.1 Å². The maximum absolute atomic E-state index is 13.3. The first-order chi connectivity index (χ1) is 15.3. The molecule has 2 aliphatic rings. The Kier molecular flexibility index (Phi) is 4.72. The summed E-state index contributed by atoms with van der Waals surface area (Å²) in [6.45, 7) is 2.11. The first kappa shape index (κ1) is 20.5. The van der Waals surface area contributed by atoms with Gasteiger partial charge in [-0.3, -0.25) is 4.79 Å². The Labute approximate surface area is 186 Å². The van der Waals surface area contributed by atoms with Crippen molar-refractivity contribution in [2.75, 3.05) is 12.1 Å². The second-order valence-electron chi connectivity index (χ2n) is 8.21. The van der Waals surface area contributed by atoms with E-state index < -0.39 is 15.4 Å². The number of primary sulfonamides is 1. The molecule has 164 valence electrons. The number of aryl methyl sites for hydroxylation is 1. The number of sulfonamides is 1. The fourth-order valence-electron chi connectivity index (χ4n) is 4.00. The van der Waals surface area contributed by atoms with Crippen molar-refractivity contribution in [3.63, 3.8) is 0 Å². The van der Waals surface area contributed by atoms with Gasteiger partial charge >= 0.3 is 0 Å². The summed E-state index contributed by atoms with van der Waals surface area (Å²) in [5.74, 6) is 1.28. The van der Waals surface area contributed by atoms with E-state index in [1.807, 2.05) is 43.3 Å². The van der Waals surface area contributed by atoms with E-state index in [-0.39, 0.29) is 17.6 Å². The van der Waals surface area contributed by atoms with E-state index in [0.29, 0.717) is 22.7 Å². The smallest absolute Gasteiger partial charge is 0.238 e. The predicted molar refractivity (Wildman–Crippen MR) is 120 cm³/mol. The van der Waals surface area contributed by atoms with Gasteiger partial charge in [0.1, 0.15) is 0 Å². The molecule has 3 aromatic rings. The topological polar surface area (TPSA) is 108 Å². The van der Waals surface area contributed by atoms with Gasteiger partial charge in [-0.05, 0) is 72.4 Å². The molecule has 0 radical (unpaired) electrons. The van der Waals surface area contributed by atoms with Gasteiger partial charge < -0.3 is 14.8 Å². The van der Waals surface area contributed by atoms with Crippen molar-refractivity contribution in [2.24, 2.45) is 5.14 Å². The first-order valence-electron chi connectivity index (χ1n) is 10.2. The molecule has 1 saturated carbocycles. The lowest BCUT2D eigenvalue weighted by Gasteiger charge is -2.18. The zero-order chi connectivity index (χ0) is 22.5. The molecule has 0 aromatic heterocycles. The normalized spacial score (nSPS) is 15.9. The van der Waals surface area contributed by atoms with Gasteiger partial charge in [0.25, 0.3) is 0 Å². The van der Waals surface area contributed by atoms with E-state index >= 15 is 0 Å². The molecule has 1 heterocycles. The van der Waals surface area contributed by atoms with Crippen LogP contribution in [0, 0.1) is 6.92 Å². The van der Waals surface area contributed by atoms with Gasteiger partial charge in [0, 0.05) is 5.69 Å². The van der Waals surface area contributed by atoms with E-state index in [1.54, 1.807) is 12.1 Å². The van der Waals surface area contributed by atoms with Gasteiger partial charge in [-0.1, -0.05) is 30.3 Å². The number of hydrogen-bond acceptors (Lipinski definition) is 5. The number of amides is 1. The van der Waals surface area contributed by atoms with Crippen LogP contribution in [0.15, 0.2) is 65.6 Å². The van der Waals surface area contributed by atoms with Crippen LogP contribution in [0.5, 0.6) is 11.5 Å². The minimum Gasteiger partial charge on any atom is -0.454 e. The molecule has 1 fully saturated rings. The van der Waals surface area contributed by atoms with Crippen molar-refractivity contribution >= 4 is 21.6 Å². The largest absolute Gasteiger partial charge is 0.454 e. The van der Waals surface area contributed by atoms with Crippen LogP contribution in [0.1, 0.15) is 24.0 Å². The Hall–Kier alpha value is -3.36. The highest BCUT2D eigenvalue weighted by Crippen LogP contribution is 2.51. The first-order valence-corrected chi connectivity index (χ1v) is 11.8. The zero-order valence-corrected chi connectivity index (χ0v) is 18.2. The molecule has 5 rings (SSSR count). The third-order valence-electron chi connectivity index (χ3n) is 6.09. The highest BCUT2D eigenvalue weighted by molar-refractivity contribution is 7.89. The van der Waals surface area contributed by atoms with Crippen LogP contribution in [-0.4, -0.2) is 21.1 Å². The van der Waals surface area contributed by atoms with Gasteiger partial charge in [0.15, 0.2) is 11.5 Å². The highest BCUT2D eigenvalue weighted by atomic mass is 32.2. The van der Waals surface area contributed by atoms with Crippen molar-refractivity contribution in [1.29, 1.82) is 0 Å². The van der Waals surface area contributed by atoms with Gasteiger partial charge in [0.05, 0.1) is 10.3 Å². The third-order valence-corrected chi connectivity index (χ3v) is 7.00. The molecule has 0 bridgehead atoms. The molecular formula is C24H22N2O5S. The standard InChI is InChI=1S/C24H22N2O5S/c1-15-5-6-17(16-3-2-4-19(11-16)32(25,28)29)12-20(15)26-23(27)24(9-10-24)18-7-8-21-22(13-18)31-14-30-21/h2-8,11-13H,9-10,14H2,1H3,(H,26,27)(H2,25,28,29). The number of rotatable bonds is 5. The van der Waals surface area contributed by atoms with Crippen LogP contribution in [0.4, 0.5) is 5.69 Å². The molecule has 1 aliphatic carbocycles. The van der Waals surface area contributed by atoms with Crippen molar-refractivity contribution in [3.05, 3.63) is 71.8 Å². The number of nitrogens with two attached hydrogens (primary N) is 1. The lowest BCUT2D eigenvalue weighted by Crippen LogP contribution is -2.28. The number of anilines is 1. The second-order valence-corrected chi connectivity index (χ2v) is 9.77. The van der Waals surface area contributed by atoms with Gasteiger partial charge in [-0.15, -0.1) is 0 Å². The molecule has 32 heavy (non-hydrogen) atoms. The van der Waals surface area contributed by atoms with Crippen LogP contribution in [-0.2, 0) is 20.2 Å². The summed E-state index contributed by atoms with van der Waals surface area (Å²) in [6, 6.07) is 17.7. The summed E-state index contributed by atoms with van der Waals surface area (Å²) in [5, 5.41) is 8.35. The third kappa shape index (κ3) is 3.61. The lowest BCUT2D eigenvalue weighted by atomic mass is 9.94. The number of hydrogen-bond donors (Lipinski definition) is 2. The molecule has 3 aromatic carbocycles. The van der Waals surface area contributed by atoms with Crippen LogP contribution >= 0.6 is 0 Å². The minimum absolute atomic E-state index is 0.0425. The fraction of sp³-hybridized carbons (Fsp3) is 0.208. The Morgan fingerprint density at radius 1 is 0.969 bits per heavy atom. The Balaban J connectivity index is 1.43. The quantitative estimate of drug-likeness (QED) is 0.616. The molecule has 8 heteroatoms. The molecule has 1 aliphatic heterocycles. The minimum atomic E-state index is -3.81. The van der Waals surface area contributed by atoms with Gasteiger partial charge in [-0.2, -0.15) is 0 Å². The number of ether oxygens (including phenoxy) is 2. The van der Waals surface area contributed by atoms with Gasteiger partial charge in [0.2, 0.25) is 22.7 Å². The van der Waals surface area contributed by atoms with E-state index in [2.05, 4.69) is 5.32 Å². The zero-order valence-electron chi connectivity index (χ0n) is 17.4. The summed E-state index contributed by atoms with van der Waals surface area (Å²) in [5.41, 5.74) is 3.39. The molecule has 0 atom stereocenters. The van der Waals surface area contributed by atoms with Crippen LogP contribution in [0.2, 0.25) is 0 Å². The SMILES string of the molecule is Cc1ccc(-c2cccc(S(N)(=O)=O)c2)cc1NC(=O)C1(c2ccc3c(c2)OCO3)CC1. The average Bonchev–Trinajstić information content (AvgIpc) is 3.45. The summed E-state index contributed by atoms with van der Waals surface area (Å²) in [4.78, 5) is 13.3. The molecule has 1 amide bonds. The van der Waals surface area contributed by atoms with Gasteiger partial charge in [-0.25, -0.2) is 13.6 Å². The van der Waals surface area contributed by atoms with Crippen molar-refractivity contribution in [3.8, 4) is 22.6 Å². The van der Waals surface area contributed by atoms with Crippen molar-refractivity contribution in [2.45, 2.75) is 30.1 Å². The number of nitrogens with one attached hydrogen (secondary N) is 1. The summed E-state index contributed by atoms with van der Waals surface area (Å²) in [6.07, 6.45) is 1.52. The van der Waals surface area contributed by atoms with E-state index in [1.165, 1.54) is 12.1 Å². The monoisotopic (exact) mass is 450 g/mol. The second kappa shape index (κ2) is 7.36. The van der Waals surface area contributed by atoms with E-state index in [0.717, 1.165) is 29.5 Å². The number of fused-ring (bicyclic) bond motifs is 1. The summed E-state index contributed by atoms with van der Waals surface area (Å²) >= 11 is 0. The van der Waals surface area contributed by atoms with E-state index in [4.69, 9.17) is 14.6 Å².